The van der Waals surface area contributed by atoms with Crippen molar-refractivity contribution in [3.63, 3.8) is 0 Å². The number of rotatable bonds is 5. The van der Waals surface area contributed by atoms with Crippen LogP contribution in [-0.2, 0) is 9.31 Å². The summed E-state index contributed by atoms with van der Waals surface area (Å²) in [6.07, 6.45) is 2.05. The Morgan fingerprint density at radius 2 is 1.87 bits per heavy atom. The summed E-state index contributed by atoms with van der Waals surface area (Å²) in [7, 11) is 3.13. The Morgan fingerprint density at radius 1 is 1.26 bits per heavy atom. The highest BCUT2D eigenvalue weighted by Crippen LogP contribution is 2.39. The third kappa shape index (κ3) is 3.91. The van der Waals surface area contributed by atoms with Gasteiger partial charge in [0.15, 0.2) is 0 Å². The molecule has 0 aromatic heterocycles. The summed E-state index contributed by atoms with van der Waals surface area (Å²) in [5.74, 6) is 0.651. The molecule has 0 amide bonds. The second-order valence-electron chi connectivity index (χ2n) is 6.73. The SMILES string of the molecule is CNCC(=Cc1ccc(Cl)c(OC)c1)B1OC(C)(C)C(C)(C)O1. The van der Waals surface area contributed by atoms with Crippen molar-refractivity contribution >= 4 is 24.8 Å². The molecule has 1 aliphatic heterocycles. The van der Waals surface area contributed by atoms with Gasteiger partial charge in [0.1, 0.15) is 5.75 Å². The van der Waals surface area contributed by atoms with E-state index < -0.39 is 0 Å². The predicted molar refractivity (Wildman–Crippen MR) is 96.0 cm³/mol. The first kappa shape index (κ1) is 18.3. The number of hydrogen-bond donors (Lipinski definition) is 1. The molecule has 0 aliphatic carbocycles. The summed E-state index contributed by atoms with van der Waals surface area (Å²) in [6.45, 7) is 8.87. The van der Waals surface area contributed by atoms with E-state index in [4.69, 9.17) is 25.6 Å². The number of hydrogen-bond acceptors (Lipinski definition) is 4. The molecule has 23 heavy (non-hydrogen) atoms. The van der Waals surface area contributed by atoms with Crippen molar-refractivity contribution < 1.29 is 14.0 Å². The number of ether oxygens (including phenoxy) is 1. The summed E-state index contributed by atoms with van der Waals surface area (Å²) in [5.41, 5.74) is 1.30. The molecule has 2 rings (SSSR count). The van der Waals surface area contributed by atoms with Crippen LogP contribution in [0.5, 0.6) is 5.75 Å². The second-order valence-corrected chi connectivity index (χ2v) is 7.14. The van der Waals surface area contributed by atoms with Crippen molar-refractivity contribution in [2.24, 2.45) is 0 Å². The molecule has 0 spiro atoms. The van der Waals surface area contributed by atoms with Crippen molar-refractivity contribution in [1.29, 1.82) is 0 Å². The first-order valence-corrected chi connectivity index (χ1v) is 8.12. The van der Waals surface area contributed by atoms with E-state index in [9.17, 15) is 0 Å². The highest BCUT2D eigenvalue weighted by molar-refractivity contribution is 6.55. The minimum absolute atomic E-state index is 0.359. The minimum Gasteiger partial charge on any atom is -0.495 e. The van der Waals surface area contributed by atoms with E-state index in [2.05, 4.69) is 39.1 Å². The molecular weight excluding hydrogens is 312 g/mol. The van der Waals surface area contributed by atoms with E-state index in [1.165, 1.54) is 0 Å². The summed E-state index contributed by atoms with van der Waals surface area (Å²) >= 11 is 6.09. The maximum atomic E-state index is 6.14. The number of nitrogens with one attached hydrogen (secondary N) is 1. The van der Waals surface area contributed by atoms with Crippen LogP contribution in [0.15, 0.2) is 23.7 Å². The molecule has 0 bridgehead atoms. The molecule has 0 unspecified atom stereocenters. The smallest absolute Gasteiger partial charge is 0.491 e. The lowest BCUT2D eigenvalue weighted by molar-refractivity contribution is 0.00578. The van der Waals surface area contributed by atoms with Gasteiger partial charge in [-0.25, -0.2) is 0 Å². The quantitative estimate of drug-likeness (QED) is 0.834. The van der Waals surface area contributed by atoms with Crippen LogP contribution in [0.25, 0.3) is 6.08 Å². The molecule has 0 radical (unpaired) electrons. The lowest BCUT2D eigenvalue weighted by atomic mass is 9.77. The molecule has 1 N–H and O–H groups in total. The first-order valence-electron chi connectivity index (χ1n) is 7.74. The first-order chi connectivity index (χ1) is 10.7. The average molecular weight is 338 g/mol. The van der Waals surface area contributed by atoms with Crippen LogP contribution in [0.1, 0.15) is 33.3 Å². The van der Waals surface area contributed by atoms with Crippen molar-refractivity contribution in [3.05, 3.63) is 34.3 Å². The molecule has 4 nitrogen and oxygen atoms in total. The van der Waals surface area contributed by atoms with E-state index >= 15 is 0 Å². The van der Waals surface area contributed by atoms with Gasteiger partial charge in [0, 0.05) is 6.54 Å². The van der Waals surface area contributed by atoms with Crippen molar-refractivity contribution in [3.8, 4) is 5.75 Å². The molecular formula is C17H25BClNO3. The maximum absolute atomic E-state index is 6.14. The van der Waals surface area contributed by atoms with Crippen LogP contribution in [-0.4, -0.2) is 39.0 Å². The van der Waals surface area contributed by atoms with Gasteiger partial charge < -0.3 is 19.4 Å². The largest absolute Gasteiger partial charge is 0.495 e. The fraction of sp³-hybridized carbons (Fsp3) is 0.529. The van der Waals surface area contributed by atoms with E-state index in [-0.39, 0.29) is 18.3 Å². The zero-order valence-corrected chi connectivity index (χ0v) is 15.5. The standard InChI is InChI=1S/C17H25BClNO3/c1-16(2)17(3,4)23-18(22-16)13(11-20-5)9-12-7-8-14(19)15(10-12)21-6/h7-10,20H,11H2,1-6H3. The van der Waals surface area contributed by atoms with Crippen LogP contribution < -0.4 is 10.1 Å². The Kier molecular flexibility index (Phi) is 5.46. The molecule has 1 aliphatic rings. The van der Waals surface area contributed by atoms with E-state index in [0.29, 0.717) is 17.3 Å². The Hall–Kier alpha value is -1.01. The minimum atomic E-state index is -0.380. The van der Waals surface area contributed by atoms with Gasteiger partial charge in [0.2, 0.25) is 0 Å². The van der Waals surface area contributed by atoms with Gasteiger partial charge in [-0.15, -0.1) is 0 Å². The molecule has 1 fully saturated rings. The van der Waals surface area contributed by atoms with Gasteiger partial charge in [0.05, 0.1) is 23.3 Å². The molecule has 0 atom stereocenters. The number of likely N-dealkylation sites (N-methyl/N-ethyl adjacent to an activating group) is 1. The highest BCUT2D eigenvalue weighted by Gasteiger charge is 2.52. The van der Waals surface area contributed by atoms with Gasteiger partial charge in [-0.05, 0) is 57.9 Å². The third-order valence-corrected chi connectivity index (χ3v) is 4.78. The molecule has 1 aromatic carbocycles. The van der Waals surface area contributed by atoms with Gasteiger partial charge in [-0.1, -0.05) is 23.7 Å². The second kappa shape index (κ2) is 6.85. The van der Waals surface area contributed by atoms with E-state index in [1.807, 2.05) is 25.2 Å². The summed E-state index contributed by atoms with van der Waals surface area (Å²) in [4.78, 5) is 0. The van der Waals surface area contributed by atoms with Crippen LogP contribution >= 0.6 is 11.6 Å². The third-order valence-electron chi connectivity index (χ3n) is 4.46. The average Bonchev–Trinajstić information content (AvgIpc) is 2.69. The van der Waals surface area contributed by atoms with E-state index in [0.717, 1.165) is 11.0 Å². The van der Waals surface area contributed by atoms with Gasteiger partial charge >= 0.3 is 7.12 Å². The zero-order valence-electron chi connectivity index (χ0n) is 14.7. The summed E-state index contributed by atoms with van der Waals surface area (Å²) < 4.78 is 17.6. The number of halogens is 1. The highest BCUT2D eigenvalue weighted by atomic mass is 35.5. The van der Waals surface area contributed by atoms with Gasteiger partial charge in [-0.3, -0.25) is 0 Å². The molecule has 126 valence electrons. The van der Waals surface area contributed by atoms with Crippen molar-refractivity contribution in [2.75, 3.05) is 20.7 Å². The van der Waals surface area contributed by atoms with E-state index in [1.54, 1.807) is 7.11 Å². The topological polar surface area (TPSA) is 39.7 Å². The Morgan fingerprint density at radius 3 is 2.39 bits per heavy atom. The van der Waals surface area contributed by atoms with Gasteiger partial charge in [0.25, 0.3) is 0 Å². The Labute approximate surface area is 144 Å². The lowest BCUT2D eigenvalue weighted by Crippen LogP contribution is -2.41. The zero-order chi connectivity index (χ0) is 17.3. The molecule has 1 aromatic rings. The molecule has 1 heterocycles. The molecule has 1 saturated heterocycles. The fourth-order valence-corrected chi connectivity index (χ4v) is 2.58. The van der Waals surface area contributed by atoms with Crippen LogP contribution in [0.3, 0.4) is 0 Å². The fourth-order valence-electron chi connectivity index (χ4n) is 2.38. The van der Waals surface area contributed by atoms with Crippen molar-refractivity contribution in [1.82, 2.24) is 5.32 Å². The molecule has 0 saturated carbocycles. The summed E-state index contributed by atoms with van der Waals surface area (Å²) in [6, 6.07) is 5.68. The van der Waals surface area contributed by atoms with Gasteiger partial charge in [-0.2, -0.15) is 0 Å². The monoisotopic (exact) mass is 337 g/mol. The normalized spacial score (nSPS) is 20.0. The maximum Gasteiger partial charge on any atom is 0.491 e. The summed E-state index contributed by atoms with van der Waals surface area (Å²) in [5, 5.41) is 3.77. The number of benzene rings is 1. The van der Waals surface area contributed by atoms with Crippen LogP contribution in [0.4, 0.5) is 0 Å². The number of methoxy groups -OCH3 is 1. The molecule has 6 heteroatoms. The van der Waals surface area contributed by atoms with Crippen molar-refractivity contribution in [2.45, 2.75) is 38.9 Å². The Balaban J connectivity index is 2.32. The Bertz CT molecular complexity index is 586. The van der Waals surface area contributed by atoms with Crippen LogP contribution in [0, 0.1) is 0 Å². The lowest BCUT2D eigenvalue weighted by Gasteiger charge is -2.32. The van der Waals surface area contributed by atoms with Crippen LogP contribution in [0.2, 0.25) is 5.02 Å². The predicted octanol–water partition coefficient (Wildman–Crippen LogP) is 3.58.